The first-order valence-electron chi connectivity index (χ1n) is 6.88. The fourth-order valence-electron chi connectivity index (χ4n) is 2.85. The number of rotatable bonds is 4. The van der Waals surface area contributed by atoms with Gasteiger partial charge in [0.25, 0.3) is 0 Å². The highest BCUT2D eigenvalue weighted by atomic mass is 16.5. The van der Waals surface area contributed by atoms with Crippen LogP contribution in [-0.4, -0.2) is 30.7 Å². The van der Waals surface area contributed by atoms with E-state index in [1.54, 1.807) is 0 Å². The van der Waals surface area contributed by atoms with Crippen molar-refractivity contribution in [2.45, 2.75) is 63.6 Å². The molecule has 2 saturated carbocycles. The number of nitrogens with two attached hydrogens (primary N) is 1. The van der Waals surface area contributed by atoms with Gasteiger partial charge in [-0.05, 0) is 32.6 Å². The van der Waals surface area contributed by atoms with E-state index in [9.17, 15) is 4.79 Å². The Balaban J connectivity index is 1.71. The minimum atomic E-state index is 0.0369. The van der Waals surface area contributed by atoms with Gasteiger partial charge in [0.05, 0.1) is 12.0 Å². The molecule has 17 heavy (non-hydrogen) atoms. The fourth-order valence-corrected chi connectivity index (χ4v) is 2.85. The summed E-state index contributed by atoms with van der Waals surface area (Å²) in [7, 11) is 0. The third-order valence-electron chi connectivity index (χ3n) is 4.00. The van der Waals surface area contributed by atoms with Gasteiger partial charge in [-0.3, -0.25) is 4.79 Å². The van der Waals surface area contributed by atoms with Crippen LogP contribution in [0.2, 0.25) is 0 Å². The number of carbonyl (C=O) groups excluding carboxylic acids is 1. The van der Waals surface area contributed by atoms with Crippen molar-refractivity contribution < 1.29 is 9.53 Å². The number of ether oxygens (including phenoxy) is 1. The average Bonchev–Trinajstić information content (AvgIpc) is 2.26. The van der Waals surface area contributed by atoms with Gasteiger partial charge in [0.15, 0.2) is 0 Å². The highest BCUT2D eigenvalue weighted by Gasteiger charge is 2.34. The van der Waals surface area contributed by atoms with E-state index < -0.39 is 0 Å². The number of carbonyl (C=O) groups is 1. The van der Waals surface area contributed by atoms with Crippen molar-refractivity contribution in [3.05, 3.63) is 0 Å². The van der Waals surface area contributed by atoms with Crippen molar-refractivity contribution in [3.63, 3.8) is 0 Å². The normalized spacial score (nSPS) is 37.3. The molecule has 0 radical (unpaired) electrons. The van der Waals surface area contributed by atoms with E-state index in [1.165, 1.54) is 6.42 Å². The average molecular weight is 240 g/mol. The van der Waals surface area contributed by atoms with Gasteiger partial charge in [-0.2, -0.15) is 0 Å². The second-order valence-corrected chi connectivity index (χ2v) is 5.31. The van der Waals surface area contributed by atoms with Crippen molar-refractivity contribution in [3.8, 4) is 0 Å². The van der Waals surface area contributed by atoms with Crippen LogP contribution >= 0.6 is 0 Å². The summed E-state index contributed by atoms with van der Waals surface area (Å²) in [6, 6.07) is 0.375. The van der Waals surface area contributed by atoms with Crippen LogP contribution < -0.4 is 11.1 Å². The quantitative estimate of drug-likeness (QED) is 0.775. The molecule has 0 saturated heterocycles. The third kappa shape index (κ3) is 3.19. The molecule has 0 bridgehead atoms. The maximum absolute atomic E-state index is 12.0. The zero-order valence-corrected chi connectivity index (χ0v) is 10.7. The molecule has 4 heteroatoms. The van der Waals surface area contributed by atoms with Crippen LogP contribution in [0.15, 0.2) is 0 Å². The molecular formula is C13H24N2O2. The molecule has 3 N–H and O–H groups in total. The lowest BCUT2D eigenvalue weighted by atomic mass is 9.83. The van der Waals surface area contributed by atoms with E-state index in [0.29, 0.717) is 12.1 Å². The maximum atomic E-state index is 12.0. The molecule has 2 unspecified atom stereocenters. The predicted octanol–water partition coefficient (Wildman–Crippen LogP) is 1.19. The molecule has 4 nitrogen and oxygen atoms in total. The topological polar surface area (TPSA) is 64.3 Å². The molecule has 2 atom stereocenters. The van der Waals surface area contributed by atoms with Crippen LogP contribution in [0.25, 0.3) is 0 Å². The second-order valence-electron chi connectivity index (χ2n) is 5.31. The summed E-state index contributed by atoms with van der Waals surface area (Å²) >= 11 is 0. The molecule has 0 heterocycles. The Hall–Kier alpha value is -0.610. The summed E-state index contributed by atoms with van der Waals surface area (Å²) in [6.07, 6.45) is 6.52. The fraction of sp³-hybridized carbons (Fsp3) is 0.923. The van der Waals surface area contributed by atoms with E-state index in [4.69, 9.17) is 10.5 Å². The summed E-state index contributed by atoms with van der Waals surface area (Å²) < 4.78 is 5.48. The molecule has 2 fully saturated rings. The van der Waals surface area contributed by atoms with E-state index in [2.05, 4.69) is 5.32 Å². The molecule has 2 rings (SSSR count). The van der Waals surface area contributed by atoms with Crippen LogP contribution in [0.5, 0.6) is 0 Å². The Morgan fingerprint density at radius 1 is 1.35 bits per heavy atom. The third-order valence-corrected chi connectivity index (χ3v) is 4.00. The molecule has 1 amide bonds. The molecule has 0 aromatic carbocycles. The lowest BCUT2D eigenvalue weighted by Crippen LogP contribution is -2.52. The number of hydrogen-bond donors (Lipinski definition) is 2. The number of amides is 1. The highest BCUT2D eigenvalue weighted by Crippen LogP contribution is 2.26. The minimum absolute atomic E-state index is 0.0369. The lowest BCUT2D eigenvalue weighted by Gasteiger charge is -2.37. The Morgan fingerprint density at radius 2 is 2.06 bits per heavy atom. The van der Waals surface area contributed by atoms with Gasteiger partial charge < -0.3 is 15.8 Å². The number of hydrogen-bond acceptors (Lipinski definition) is 3. The van der Waals surface area contributed by atoms with Crippen molar-refractivity contribution >= 4 is 5.91 Å². The SMILES string of the molecule is CCOC1CC(NC(=O)C2CCCCC2N)C1. The van der Waals surface area contributed by atoms with Gasteiger partial charge in [-0.25, -0.2) is 0 Å². The molecule has 98 valence electrons. The monoisotopic (exact) mass is 240 g/mol. The summed E-state index contributed by atoms with van der Waals surface area (Å²) in [5.41, 5.74) is 6.00. The molecule has 0 aromatic rings. The van der Waals surface area contributed by atoms with Crippen molar-refractivity contribution in [1.29, 1.82) is 0 Å². The zero-order chi connectivity index (χ0) is 12.3. The molecular weight excluding hydrogens is 216 g/mol. The summed E-state index contributed by atoms with van der Waals surface area (Å²) in [4.78, 5) is 12.0. The molecule has 2 aliphatic carbocycles. The van der Waals surface area contributed by atoms with E-state index in [0.717, 1.165) is 38.7 Å². The van der Waals surface area contributed by atoms with Crippen LogP contribution in [0.4, 0.5) is 0 Å². The Bertz CT molecular complexity index is 264. The van der Waals surface area contributed by atoms with E-state index >= 15 is 0 Å². The molecule has 0 aromatic heterocycles. The molecule has 0 spiro atoms. The predicted molar refractivity (Wildman–Crippen MR) is 66.5 cm³/mol. The number of nitrogens with one attached hydrogen (secondary N) is 1. The van der Waals surface area contributed by atoms with Gasteiger partial charge >= 0.3 is 0 Å². The van der Waals surface area contributed by atoms with Crippen molar-refractivity contribution in [1.82, 2.24) is 5.32 Å². The van der Waals surface area contributed by atoms with Gasteiger partial charge in [-0.1, -0.05) is 12.8 Å². The van der Waals surface area contributed by atoms with Gasteiger partial charge in [-0.15, -0.1) is 0 Å². The van der Waals surface area contributed by atoms with Crippen LogP contribution in [0.3, 0.4) is 0 Å². The highest BCUT2D eigenvalue weighted by molar-refractivity contribution is 5.79. The smallest absolute Gasteiger partial charge is 0.224 e. The second kappa shape index (κ2) is 5.83. The molecule has 0 aliphatic heterocycles. The first-order valence-corrected chi connectivity index (χ1v) is 6.88. The first kappa shape index (κ1) is 12.8. The van der Waals surface area contributed by atoms with Crippen LogP contribution in [0, 0.1) is 5.92 Å². The summed E-state index contributed by atoms with van der Waals surface area (Å²) in [6.45, 7) is 2.77. The van der Waals surface area contributed by atoms with E-state index in [1.807, 2.05) is 6.92 Å². The Morgan fingerprint density at radius 3 is 2.71 bits per heavy atom. The van der Waals surface area contributed by atoms with Gasteiger partial charge in [0.2, 0.25) is 5.91 Å². The largest absolute Gasteiger partial charge is 0.378 e. The summed E-state index contributed by atoms with van der Waals surface area (Å²) in [5, 5.41) is 3.11. The Kier molecular flexibility index (Phi) is 4.40. The van der Waals surface area contributed by atoms with Crippen LogP contribution in [-0.2, 0) is 9.53 Å². The van der Waals surface area contributed by atoms with Gasteiger partial charge in [0, 0.05) is 18.7 Å². The maximum Gasteiger partial charge on any atom is 0.224 e. The van der Waals surface area contributed by atoms with Crippen molar-refractivity contribution in [2.75, 3.05) is 6.61 Å². The zero-order valence-electron chi connectivity index (χ0n) is 10.7. The van der Waals surface area contributed by atoms with E-state index in [-0.39, 0.29) is 17.9 Å². The Labute approximate surface area is 103 Å². The standard InChI is InChI=1S/C13H24N2O2/c1-2-17-10-7-9(8-10)15-13(16)11-5-3-4-6-12(11)14/h9-12H,2-8,14H2,1H3,(H,15,16). The van der Waals surface area contributed by atoms with Gasteiger partial charge in [0.1, 0.15) is 0 Å². The lowest BCUT2D eigenvalue weighted by molar-refractivity contribution is -0.129. The molecule has 2 aliphatic rings. The van der Waals surface area contributed by atoms with Crippen LogP contribution in [0.1, 0.15) is 45.4 Å². The minimum Gasteiger partial charge on any atom is -0.378 e. The van der Waals surface area contributed by atoms with Crippen molar-refractivity contribution in [2.24, 2.45) is 11.7 Å². The first-order chi connectivity index (χ1) is 8.20. The summed E-state index contributed by atoms with van der Waals surface area (Å²) in [5.74, 6) is 0.201.